The van der Waals surface area contributed by atoms with E-state index in [1.807, 2.05) is 36.4 Å². The highest BCUT2D eigenvalue weighted by Gasteiger charge is 2.57. The van der Waals surface area contributed by atoms with Crippen LogP contribution in [0.5, 0.6) is 0 Å². The van der Waals surface area contributed by atoms with Gasteiger partial charge in [0.05, 0.1) is 5.41 Å². The maximum Gasteiger partial charge on any atom is 0.422 e. The Kier molecular flexibility index (Phi) is 7.26. The van der Waals surface area contributed by atoms with E-state index in [1.165, 1.54) is 17.8 Å². The largest absolute Gasteiger partial charge is 0.422 e. The number of halogens is 3. The Morgan fingerprint density at radius 2 is 1.94 bits per heavy atom. The Balaban J connectivity index is 1.51. The molecule has 0 bridgehead atoms. The number of hydrogen-bond acceptors (Lipinski definition) is 3. The van der Waals surface area contributed by atoms with Crippen molar-refractivity contribution in [3.8, 4) is 0 Å². The van der Waals surface area contributed by atoms with Gasteiger partial charge in [-0.05, 0) is 79.5 Å². The second-order valence-corrected chi connectivity index (χ2v) is 11.0. The van der Waals surface area contributed by atoms with Gasteiger partial charge in [-0.15, -0.1) is 0 Å². The minimum Gasteiger partial charge on any atom is -0.317 e. The summed E-state index contributed by atoms with van der Waals surface area (Å²) in [5.41, 5.74) is 3.88. The number of aromatic nitrogens is 1. The highest BCUT2D eigenvalue weighted by molar-refractivity contribution is 9.10. The highest BCUT2D eigenvalue weighted by atomic mass is 79.9. The third-order valence-electron chi connectivity index (χ3n) is 7.35. The molecule has 2 aliphatic heterocycles. The zero-order chi connectivity index (χ0) is 25.2. The number of quaternary nitrogens is 1. The molecule has 1 spiro atoms. The van der Waals surface area contributed by atoms with Crippen LogP contribution in [-0.4, -0.2) is 37.2 Å². The van der Waals surface area contributed by atoms with Gasteiger partial charge in [-0.3, -0.25) is 0 Å². The van der Waals surface area contributed by atoms with Gasteiger partial charge in [-0.2, -0.15) is 4.39 Å². The number of carbonyl (C=O) groups excluding carboxylic acids is 1. The van der Waals surface area contributed by atoms with Gasteiger partial charge in [0.25, 0.3) is 0 Å². The maximum absolute atomic E-state index is 14.1. The van der Waals surface area contributed by atoms with Crippen molar-refractivity contribution < 1.29 is 9.18 Å². The van der Waals surface area contributed by atoms with Crippen molar-refractivity contribution >= 4 is 45.3 Å². The molecule has 186 valence electrons. The first-order valence-electron chi connectivity index (χ1n) is 12.1. The summed E-state index contributed by atoms with van der Waals surface area (Å²) < 4.78 is 14.8. The highest BCUT2D eigenvalue weighted by Crippen LogP contribution is 2.50. The zero-order valence-corrected chi connectivity index (χ0v) is 22.2. The van der Waals surface area contributed by atoms with E-state index >= 15 is 0 Å². The van der Waals surface area contributed by atoms with Crippen LogP contribution >= 0.6 is 27.5 Å². The topological polar surface area (TPSA) is 54.0 Å². The van der Waals surface area contributed by atoms with Crippen LogP contribution in [-0.2, 0) is 12.0 Å². The molecular weight excluding hydrogens is 543 g/mol. The molecule has 3 aromatic rings. The van der Waals surface area contributed by atoms with Gasteiger partial charge < -0.3 is 10.6 Å². The van der Waals surface area contributed by atoms with Crippen LogP contribution in [0.2, 0.25) is 5.02 Å². The van der Waals surface area contributed by atoms with Crippen LogP contribution in [0.15, 0.2) is 71.3 Å². The van der Waals surface area contributed by atoms with Crippen molar-refractivity contribution in [2.24, 2.45) is 0 Å². The lowest BCUT2D eigenvalue weighted by Gasteiger charge is -2.36. The monoisotopic (exact) mass is 569 g/mol. The molecule has 2 aromatic carbocycles. The van der Waals surface area contributed by atoms with Crippen molar-refractivity contribution in [3.05, 3.63) is 99.0 Å². The number of carbonyl (C=O) groups is 1. The second-order valence-electron chi connectivity index (χ2n) is 9.60. The molecule has 2 aliphatic rings. The first-order chi connectivity index (χ1) is 17.4. The fourth-order valence-electron chi connectivity index (χ4n) is 5.58. The Morgan fingerprint density at radius 1 is 1.17 bits per heavy atom. The van der Waals surface area contributed by atoms with Gasteiger partial charge in [0.15, 0.2) is 0 Å². The molecule has 3 heterocycles. The van der Waals surface area contributed by atoms with Crippen molar-refractivity contribution in [2.45, 2.75) is 24.8 Å². The average Bonchev–Trinajstić information content (AvgIpc) is 3.13. The first kappa shape index (κ1) is 25.1. The van der Waals surface area contributed by atoms with Gasteiger partial charge in [-0.25, -0.2) is 14.3 Å². The number of rotatable bonds is 5. The Labute approximate surface area is 224 Å². The van der Waals surface area contributed by atoms with E-state index in [0.717, 1.165) is 41.7 Å². The predicted molar refractivity (Wildman–Crippen MR) is 146 cm³/mol. The van der Waals surface area contributed by atoms with E-state index in [1.54, 1.807) is 6.07 Å². The standard InChI is InChI=1S/C28H27BrClFN4O/c29-22-5-8-25-24(17-22)28(10-13-32-14-11-28)19-35(25,15-1-2-20-3-6-23(30)7-4-20)27(36)34-18-21-9-12-33-26(31)16-21/h1-9,12,16-17,32H,10-11,13-15,18-19H2/p+1/b2-1+. The molecule has 2 N–H and O–H groups in total. The molecular formula is C28H28BrClFN4O+. The van der Waals surface area contributed by atoms with Crippen LogP contribution in [0.1, 0.15) is 29.5 Å². The molecule has 0 radical (unpaired) electrons. The van der Waals surface area contributed by atoms with Gasteiger partial charge in [0.1, 0.15) is 18.8 Å². The average molecular weight is 571 g/mol. The molecule has 1 aromatic heterocycles. The summed E-state index contributed by atoms with van der Waals surface area (Å²) in [6.45, 7) is 3.26. The molecule has 36 heavy (non-hydrogen) atoms. The summed E-state index contributed by atoms with van der Waals surface area (Å²) in [5, 5.41) is 7.27. The lowest BCUT2D eigenvalue weighted by atomic mass is 9.75. The van der Waals surface area contributed by atoms with Crippen molar-refractivity contribution in [1.82, 2.24) is 20.1 Å². The summed E-state index contributed by atoms with van der Waals surface area (Å²) in [6.07, 6.45) is 7.47. The van der Waals surface area contributed by atoms with E-state index in [4.69, 9.17) is 11.6 Å². The molecule has 8 heteroatoms. The van der Waals surface area contributed by atoms with Gasteiger partial charge in [-0.1, -0.05) is 45.7 Å². The molecule has 1 atom stereocenters. The summed E-state index contributed by atoms with van der Waals surface area (Å²) >= 11 is 9.70. The normalized spacial score (nSPS) is 20.5. The van der Waals surface area contributed by atoms with E-state index in [2.05, 4.69) is 49.8 Å². The number of hydrogen-bond donors (Lipinski definition) is 2. The van der Waals surface area contributed by atoms with Crippen LogP contribution < -0.4 is 15.1 Å². The number of amides is 2. The third kappa shape index (κ3) is 4.98. The number of benzene rings is 2. The number of nitrogens with zero attached hydrogens (tertiary/aromatic N) is 2. The summed E-state index contributed by atoms with van der Waals surface area (Å²) in [7, 11) is 0. The fourth-order valence-corrected chi connectivity index (χ4v) is 6.06. The first-order valence-corrected chi connectivity index (χ1v) is 13.3. The lowest BCUT2D eigenvalue weighted by molar-refractivity contribution is 0.189. The number of pyridine rings is 1. The quantitative estimate of drug-likeness (QED) is 0.284. The fraction of sp³-hybridized carbons (Fsp3) is 0.286. The summed E-state index contributed by atoms with van der Waals surface area (Å²) in [4.78, 5) is 17.7. The van der Waals surface area contributed by atoms with Crippen LogP contribution in [0.3, 0.4) is 0 Å². The van der Waals surface area contributed by atoms with E-state index < -0.39 is 5.95 Å². The molecule has 1 saturated heterocycles. The smallest absolute Gasteiger partial charge is 0.317 e. The Morgan fingerprint density at radius 3 is 2.69 bits per heavy atom. The van der Waals surface area contributed by atoms with Gasteiger partial charge >= 0.3 is 6.03 Å². The Hall–Kier alpha value is -2.58. The van der Waals surface area contributed by atoms with E-state index in [-0.39, 0.29) is 22.5 Å². The maximum atomic E-state index is 14.1. The number of nitrogens with one attached hydrogen (secondary N) is 2. The zero-order valence-electron chi connectivity index (χ0n) is 19.8. The third-order valence-corrected chi connectivity index (χ3v) is 8.09. The minimum absolute atomic E-state index is 0.0847. The van der Waals surface area contributed by atoms with Crippen molar-refractivity contribution in [2.75, 3.05) is 26.2 Å². The number of piperidine rings is 1. The molecule has 1 unspecified atom stereocenters. The molecule has 5 nitrogen and oxygen atoms in total. The SMILES string of the molecule is O=C(NCc1ccnc(F)c1)[N+]1(C/C=C/c2ccc(Cl)cc2)CC2(CCNCC2)c2cc(Br)ccc21. The van der Waals surface area contributed by atoms with Crippen LogP contribution in [0, 0.1) is 5.95 Å². The van der Waals surface area contributed by atoms with E-state index in [0.29, 0.717) is 23.7 Å². The molecule has 0 saturated carbocycles. The van der Waals surface area contributed by atoms with Crippen molar-refractivity contribution in [1.29, 1.82) is 0 Å². The Bertz CT molecular complexity index is 1290. The van der Waals surface area contributed by atoms with Crippen LogP contribution in [0.4, 0.5) is 14.9 Å². The van der Waals surface area contributed by atoms with Crippen LogP contribution in [0.25, 0.3) is 6.08 Å². The summed E-state index contributed by atoms with van der Waals surface area (Å²) in [6, 6.07) is 16.9. The second kappa shape index (κ2) is 10.4. The van der Waals surface area contributed by atoms with Crippen molar-refractivity contribution in [3.63, 3.8) is 0 Å². The van der Waals surface area contributed by atoms with Gasteiger partial charge in [0.2, 0.25) is 5.95 Å². The minimum atomic E-state index is -0.554. The van der Waals surface area contributed by atoms with E-state index in [9.17, 15) is 9.18 Å². The lowest BCUT2D eigenvalue weighted by Crippen LogP contribution is -2.60. The number of fused-ring (bicyclic) bond motifs is 2. The molecule has 5 rings (SSSR count). The predicted octanol–water partition coefficient (Wildman–Crippen LogP) is 6.20. The molecule has 1 fully saturated rings. The number of urea groups is 1. The summed E-state index contributed by atoms with van der Waals surface area (Å²) in [5.74, 6) is -0.554. The van der Waals surface area contributed by atoms with Gasteiger partial charge in [0, 0.05) is 33.9 Å². The molecule has 2 amide bonds. The molecule has 0 aliphatic carbocycles.